The molecule has 158 valence electrons. The summed E-state index contributed by atoms with van der Waals surface area (Å²) in [4.78, 5) is 25.4. The minimum atomic E-state index is -0.453. The van der Waals surface area contributed by atoms with Crippen LogP contribution in [0.2, 0.25) is 0 Å². The van der Waals surface area contributed by atoms with Gasteiger partial charge in [0.2, 0.25) is 0 Å². The van der Waals surface area contributed by atoms with Gasteiger partial charge in [-0.05, 0) is 42.7 Å². The Morgan fingerprint density at radius 1 is 1.23 bits per heavy atom. The van der Waals surface area contributed by atoms with Gasteiger partial charge in [-0.25, -0.2) is 4.68 Å². The van der Waals surface area contributed by atoms with Crippen molar-refractivity contribution < 1.29 is 9.53 Å². The molecule has 1 saturated carbocycles. The van der Waals surface area contributed by atoms with Crippen molar-refractivity contribution in [2.75, 3.05) is 0 Å². The molecule has 2 heterocycles. The van der Waals surface area contributed by atoms with Gasteiger partial charge < -0.3 is 4.74 Å². The molecule has 2 aromatic heterocycles. The second-order valence-corrected chi connectivity index (χ2v) is 8.54. The van der Waals surface area contributed by atoms with E-state index in [4.69, 9.17) is 4.74 Å². The van der Waals surface area contributed by atoms with E-state index >= 15 is 0 Å². The van der Waals surface area contributed by atoms with Crippen molar-refractivity contribution in [3.63, 3.8) is 0 Å². The van der Waals surface area contributed by atoms with Gasteiger partial charge in [-0.2, -0.15) is 9.78 Å². The molecular weight excluding hydrogens is 382 g/mol. The fourth-order valence-corrected chi connectivity index (χ4v) is 4.31. The molecule has 0 radical (unpaired) electrons. The number of carbonyl (C=O) groups excluding carboxylic acids is 1. The largest absolute Gasteiger partial charge is 0.461 e. The van der Waals surface area contributed by atoms with Gasteiger partial charge in [0.1, 0.15) is 18.0 Å². The van der Waals surface area contributed by atoms with Crippen molar-refractivity contribution in [1.29, 1.82) is 0 Å². The van der Waals surface area contributed by atoms with Crippen LogP contribution in [0.25, 0.3) is 16.7 Å². The lowest BCUT2D eigenvalue weighted by atomic mass is 9.75. The van der Waals surface area contributed by atoms with Crippen LogP contribution in [0.3, 0.4) is 0 Å². The number of benzene rings is 1. The SMILES string of the molecule is CC(C)[C@H]1CC[C@@H](C)C[C@@H]1OC(=O)Cn1nnc2c(cnn2-c2ccccc2)c1=O. The zero-order valence-electron chi connectivity index (χ0n) is 17.6. The molecule has 0 saturated heterocycles. The summed E-state index contributed by atoms with van der Waals surface area (Å²) in [6.07, 6.45) is 4.41. The molecule has 0 N–H and O–H groups in total. The van der Waals surface area contributed by atoms with Crippen molar-refractivity contribution in [1.82, 2.24) is 24.8 Å². The number of aromatic nitrogens is 5. The maximum Gasteiger partial charge on any atom is 0.328 e. The number of nitrogens with zero attached hydrogens (tertiary/aromatic N) is 5. The Bertz CT molecular complexity index is 1090. The van der Waals surface area contributed by atoms with Crippen LogP contribution in [-0.4, -0.2) is 36.8 Å². The Morgan fingerprint density at radius 2 is 2.00 bits per heavy atom. The number of hydrogen-bond acceptors (Lipinski definition) is 6. The third kappa shape index (κ3) is 3.99. The summed E-state index contributed by atoms with van der Waals surface area (Å²) in [5, 5.41) is 12.7. The van der Waals surface area contributed by atoms with Crippen LogP contribution in [0.5, 0.6) is 0 Å². The van der Waals surface area contributed by atoms with Crippen molar-refractivity contribution in [3.8, 4) is 5.69 Å². The maximum absolute atomic E-state index is 12.8. The average Bonchev–Trinajstić information content (AvgIpc) is 3.15. The molecule has 4 rings (SSSR count). The third-order valence-electron chi connectivity index (χ3n) is 5.98. The van der Waals surface area contributed by atoms with Crippen molar-refractivity contribution >= 4 is 17.0 Å². The minimum absolute atomic E-state index is 0.116. The molecule has 8 heteroatoms. The lowest BCUT2D eigenvalue weighted by molar-refractivity contribution is -0.157. The van der Waals surface area contributed by atoms with Gasteiger partial charge >= 0.3 is 5.97 Å². The molecule has 30 heavy (non-hydrogen) atoms. The zero-order chi connectivity index (χ0) is 21.3. The fourth-order valence-electron chi connectivity index (χ4n) is 4.31. The van der Waals surface area contributed by atoms with E-state index in [0.717, 1.165) is 29.6 Å². The van der Waals surface area contributed by atoms with E-state index in [2.05, 4.69) is 36.2 Å². The first-order chi connectivity index (χ1) is 14.4. The highest BCUT2D eigenvalue weighted by Gasteiger charge is 2.33. The van der Waals surface area contributed by atoms with Crippen molar-refractivity contribution in [2.45, 2.75) is 52.7 Å². The van der Waals surface area contributed by atoms with E-state index in [1.807, 2.05) is 30.3 Å². The number of esters is 1. The molecule has 0 unspecified atom stereocenters. The van der Waals surface area contributed by atoms with Crippen LogP contribution >= 0.6 is 0 Å². The van der Waals surface area contributed by atoms with E-state index in [1.54, 1.807) is 4.68 Å². The van der Waals surface area contributed by atoms with Crippen LogP contribution in [0.4, 0.5) is 0 Å². The van der Waals surface area contributed by atoms with Crippen molar-refractivity contribution in [3.05, 3.63) is 46.9 Å². The first-order valence-electron chi connectivity index (χ1n) is 10.5. The first kappa shape index (κ1) is 20.3. The van der Waals surface area contributed by atoms with Crippen LogP contribution in [-0.2, 0) is 16.1 Å². The normalized spacial score (nSPS) is 21.8. The zero-order valence-corrected chi connectivity index (χ0v) is 17.6. The van der Waals surface area contributed by atoms with Gasteiger partial charge in [0.25, 0.3) is 5.56 Å². The molecule has 0 spiro atoms. The summed E-state index contributed by atoms with van der Waals surface area (Å²) < 4.78 is 8.41. The Balaban J connectivity index is 1.53. The predicted octanol–water partition coefficient (Wildman–Crippen LogP) is 2.98. The van der Waals surface area contributed by atoms with Crippen molar-refractivity contribution in [2.24, 2.45) is 17.8 Å². The molecule has 1 aliphatic carbocycles. The average molecular weight is 409 g/mol. The van der Waals surface area contributed by atoms with Gasteiger partial charge in [0.15, 0.2) is 5.65 Å². The molecule has 0 aliphatic heterocycles. The number of hydrogen-bond donors (Lipinski definition) is 0. The Hall–Kier alpha value is -3.03. The van der Waals surface area contributed by atoms with Gasteiger partial charge in [-0.1, -0.05) is 50.6 Å². The fraction of sp³-hybridized carbons (Fsp3) is 0.500. The maximum atomic E-state index is 12.8. The molecule has 3 atom stereocenters. The third-order valence-corrected chi connectivity index (χ3v) is 5.98. The summed E-state index contributed by atoms with van der Waals surface area (Å²) in [6, 6.07) is 9.39. The van der Waals surface area contributed by atoms with E-state index < -0.39 is 11.5 Å². The summed E-state index contributed by atoms with van der Waals surface area (Å²) in [6.45, 7) is 6.26. The summed E-state index contributed by atoms with van der Waals surface area (Å²) in [5.74, 6) is 0.865. The standard InChI is InChI=1S/C22H27N5O3/c1-14(2)17-10-9-15(3)11-19(17)30-20(28)13-26-22(29)18-12-23-27(21(18)24-25-26)16-7-5-4-6-8-16/h4-8,12,14-15,17,19H,9-11,13H2,1-3H3/t15-,17-,19+/m1/s1. The number of ether oxygens (including phenoxy) is 1. The minimum Gasteiger partial charge on any atom is -0.461 e. The number of carbonyl (C=O) groups is 1. The van der Waals surface area contributed by atoms with E-state index in [1.165, 1.54) is 6.20 Å². The van der Waals surface area contributed by atoms with Crippen LogP contribution in [0.1, 0.15) is 40.0 Å². The highest BCUT2D eigenvalue weighted by atomic mass is 16.5. The van der Waals surface area contributed by atoms with E-state index in [9.17, 15) is 9.59 Å². The molecule has 1 fully saturated rings. The highest BCUT2D eigenvalue weighted by molar-refractivity contribution is 5.75. The highest BCUT2D eigenvalue weighted by Crippen LogP contribution is 2.35. The summed E-state index contributed by atoms with van der Waals surface area (Å²) in [5.41, 5.74) is 0.734. The second kappa shape index (κ2) is 8.38. The van der Waals surface area contributed by atoms with Crippen LogP contribution in [0, 0.1) is 17.8 Å². The molecular formula is C22H27N5O3. The van der Waals surface area contributed by atoms with Crippen LogP contribution < -0.4 is 5.56 Å². The Morgan fingerprint density at radius 3 is 2.73 bits per heavy atom. The molecule has 1 aromatic carbocycles. The molecule has 0 bridgehead atoms. The van der Waals surface area contributed by atoms with E-state index in [0.29, 0.717) is 28.8 Å². The number of rotatable bonds is 5. The molecule has 3 aromatic rings. The summed E-state index contributed by atoms with van der Waals surface area (Å²) in [7, 11) is 0. The Labute approximate surface area is 174 Å². The quantitative estimate of drug-likeness (QED) is 0.602. The van der Waals surface area contributed by atoms with Gasteiger partial charge in [0, 0.05) is 0 Å². The smallest absolute Gasteiger partial charge is 0.328 e. The first-order valence-corrected chi connectivity index (χ1v) is 10.5. The molecule has 1 aliphatic rings. The second-order valence-electron chi connectivity index (χ2n) is 8.54. The summed E-state index contributed by atoms with van der Waals surface area (Å²) >= 11 is 0. The lowest BCUT2D eigenvalue weighted by Crippen LogP contribution is -2.37. The van der Waals surface area contributed by atoms with E-state index in [-0.39, 0.29) is 12.6 Å². The van der Waals surface area contributed by atoms with Gasteiger partial charge in [-0.3, -0.25) is 9.59 Å². The lowest BCUT2D eigenvalue weighted by Gasteiger charge is -2.36. The molecule has 8 nitrogen and oxygen atoms in total. The predicted molar refractivity (Wildman–Crippen MR) is 112 cm³/mol. The number of para-hydroxylation sites is 1. The Kier molecular flexibility index (Phi) is 5.65. The monoisotopic (exact) mass is 409 g/mol. The van der Waals surface area contributed by atoms with Crippen LogP contribution in [0.15, 0.2) is 41.3 Å². The number of fused-ring (bicyclic) bond motifs is 1. The topological polar surface area (TPSA) is 91.9 Å². The molecule has 0 amide bonds. The van der Waals surface area contributed by atoms with Gasteiger partial charge in [0.05, 0.1) is 11.9 Å². The van der Waals surface area contributed by atoms with Gasteiger partial charge in [-0.15, -0.1) is 5.10 Å².